The van der Waals surface area contributed by atoms with Crippen LogP contribution < -0.4 is 10.5 Å². The number of amides is 1. The average Bonchev–Trinajstić information content (AvgIpc) is 3.01. The van der Waals surface area contributed by atoms with Crippen molar-refractivity contribution < 1.29 is 9.53 Å². The van der Waals surface area contributed by atoms with Crippen LogP contribution in [0, 0.1) is 0 Å². The molecular formula is C23H28N2O2. The highest BCUT2D eigenvalue weighted by Gasteiger charge is 2.13. The topological polar surface area (TPSA) is 57.2 Å². The first-order valence-electron chi connectivity index (χ1n) is 9.67. The van der Waals surface area contributed by atoms with E-state index in [1.807, 2.05) is 18.2 Å². The Bertz CT molecular complexity index is 927. The lowest BCUT2D eigenvalue weighted by Gasteiger charge is -2.10. The predicted molar refractivity (Wildman–Crippen MR) is 111 cm³/mol. The van der Waals surface area contributed by atoms with E-state index < -0.39 is 0 Å². The number of unbranched alkanes of at least 4 members (excludes halogenated alkanes) is 3. The van der Waals surface area contributed by atoms with Gasteiger partial charge in [-0.2, -0.15) is 0 Å². The maximum absolute atomic E-state index is 11.6. The smallest absolute Gasteiger partial charge is 0.221 e. The number of hydrogen-bond donors (Lipinski definition) is 1. The van der Waals surface area contributed by atoms with Crippen LogP contribution in [0.4, 0.5) is 0 Å². The number of para-hydroxylation sites is 1. The van der Waals surface area contributed by atoms with Crippen molar-refractivity contribution in [2.75, 3.05) is 7.11 Å². The van der Waals surface area contributed by atoms with Gasteiger partial charge >= 0.3 is 0 Å². The van der Waals surface area contributed by atoms with Crippen molar-refractivity contribution in [3.8, 4) is 16.9 Å². The molecule has 2 aromatic carbocycles. The second-order valence-electron chi connectivity index (χ2n) is 6.98. The average molecular weight is 364 g/mol. The summed E-state index contributed by atoms with van der Waals surface area (Å²) in [7, 11) is 1.68. The molecular weight excluding hydrogens is 336 g/mol. The highest BCUT2D eigenvalue weighted by molar-refractivity contribution is 5.92. The largest absolute Gasteiger partial charge is 0.496 e. The van der Waals surface area contributed by atoms with Crippen molar-refractivity contribution in [3.05, 3.63) is 54.2 Å². The first-order chi connectivity index (χ1) is 13.1. The highest BCUT2D eigenvalue weighted by Crippen LogP contribution is 2.33. The second kappa shape index (κ2) is 8.76. The van der Waals surface area contributed by atoms with Crippen molar-refractivity contribution in [1.82, 2.24) is 4.57 Å². The molecule has 0 fully saturated rings. The molecule has 4 nitrogen and oxygen atoms in total. The normalized spacial score (nSPS) is 11.0. The van der Waals surface area contributed by atoms with Gasteiger partial charge in [0.2, 0.25) is 5.91 Å². The number of nitrogens with two attached hydrogens (primary N) is 1. The van der Waals surface area contributed by atoms with E-state index in [0.29, 0.717) is 0 Å². The molecule has 27 heavy (non-hydrogen) atoms. The van der Waals surface area contributed by atoms with E-state index in [0.717, 1.165) is 46.3 Å². The monoisotopic (exact) mass is 364 g/mol. The number of carbonyl (C=O) groups excluding carboxylic acids is 1. The number of carbonyl (C=O) groups is 1. The van der Waals surface area contributed by atoms with Gasteiger partial charge in [-0.05, 0) is 35.7 Å². The Morgan fingerprint density at radius 1 is 1.11 bits per heavy atom. The number of aromatic nitrogens is 1. The van der Waals surface area contributed by atoms with Gasteiger partial charge in [-0.25, -0.2) is 0 Å². The van der Waals surface area contributed by atoms with Gasteiger partial charge in [-0.15, -0.1) is 0 Å². The molecule has 0 aliphatic carbocycles. The van der Waals surface area contributed by atoms with Gasteiger partial charge in [-0.1, -0.05) is 50.5 Å². The van der Waals surface area contributed by atoms with Crippen molar-refractivity contribution in [1.29, 1.82) is 0 Å². The van der Waals surface area contributed by atoms with Crippen LogP contribution in [0.3, 0.4) is 0 Å². The Kier molecular flexibility index (Phi) is 6.17. The van der Waals surface area contributed by atoms with Gasteiger partial charge in [0.1, 0.15) is 5.75 Å². The van der Waals surface area contributed by atoms with Crippen molar-refractivity contribution in [2.45, 2.75) is 45.6 Å². The minimum absolute atomic E-state index is 0.258. The molecule has 0 bridgehead atoms. The molecule has 1 amide bonds. The minimum atomic E-state index is -0.303. The summed E-state index contributed by atoms with van der Waals surface area (Å²) >= 11 is 0. The molecule has 1 heterocycles. The summed E-state index contributed by atoms with van der Waals surface area (Å²) in [5.74, 6) is 0.537. The minimum Gasteiger partial charge on any atom is -0.496 e. The summed E-state index contributed by atoms with van der Waals surface area (Å²) in [6.07, 6.45) is 7.19. The summed E-state index contributed by atoms with van der Waals surface area (Å²) < 4.78 is 7.77. The molecule has 142 valence electrons. The fraction of sp³-hybridized carbons (Fsp3) is 0.348. The third-order valence-electron chi connectivity index (χ3n) is 5.00. The lowest BCUT2D eigenvalue weighted by molar-refractivity contribution is -0.117. The maximum Gasteiger partial charge on any atom is 0.221 e. The molecule has 2 N–H and O–H groups in total. The Morgan fingerprint density at radius 2 is 1.93 bits per heavy atom. The first-order valence-corrected chi connectivity index (χ1v) is 9.67. The molecule has 0 unspecified atom stereocenters. The number of nitrogens with zero attached hydrogens (tertiary/aromatic N) is 1. The molecule has 3 rings (SSSR count). The van der Waals surface area contributed by atoms with E-state index in [2.05, 4.69) is 42.0 Å². The molecule has 0 atom stereocenters. The van der Waals surface area contributed by atoms with E-state index in [1.54, 1.807) is 7.11 Å². The molecule has 0 radical (unpaired) electrons. The molecule has 0 aliphatic heterocycles. The van der Waals surface area contributed by atoms with Gasteiger partial charge < -0.3 is 15.0 Å². The van der Waals surface area contributed by atoms with Crippen molar-refractivity contribution in [2.24, 2.45) is 5.73 Å². The fourth-order valence-electron chi connectivity index (χ4n) is 3.64. The summed E-state index contributed by atoms with van der Waals surface area (Å²) in [5, 5.41) is 1.09. The first kappa shape index (κ1) is 19.0. The summed E-state index contributed by atoms with van der Waals surface area (Å²) in [6.45, 7) is 3.18. The zero-order chi connectivity index (χ0) is 19.2. The Balaban J connectivity index is 2.01. The van der Waals surface area contributed by atoms with Crippen LogP contribution in [-0.2, 0) is 17.8 Å². The van der Waals surface area contributed by atoms with Crippen LogP contribution in [0.25, 0.3) is 22.0 Å². The Hall–Kier alpha value is -2.75. The number of rotatable bonds is 9. The van der Waals surface area contributed by atoms with E-state index in [-0.39, 0.29) is 12.3 Å². The maximum atomic E-state index is 11.6. The third-order valence-corrected chi connectivity index (χ3v) is 5.00. The zero-order valence-corrected chi connectivity index (χ0v) is 16.2. The van der Waals surface area contributed by atoms with Crippen molar-refractivity contribution >= 4 is 16.8 Å². The van der Waals surface area contributed by atoms with Gasteiger partial charge in [0.25, 0.3) is 0 Å². The molecule has 0 saturated heterocycles. The molecule has 4 heteroatoms. The van der Waals surface area contributed by atoms with Gasteiger partial charge in [0.05, 0.1) is 13.5 Å². The zero-order valence-electron chi connectivity index (χ0n) is 16.2. The Morgan fingerprint density at radius 3 is 2.67 bits per heavy atom. The van der Waals surface area contributed by atoms with Gasteiger partial charge in [0, 0.05) is 29.2 Å². The number of aryl methyl sites for hydroxylation is 1. The molecule has 0 aliphatic rings. The van der Waals surface area contributed by atoms with Crippen LogP contribution in [0.15, 0.2) is 48.7 Å². The lowest BCUT2D eigenvalue weighted by Crippen LogP contribution is -2.13. The highest BCUT2D eigenvalue weighted by atomic mass is 16.5. The summed E-state index contributed by atoms with van der Waals surface area (Å²) in [5.41, 5.74) is 9.76. The number of primary amides is 1. The number of benzene rings is 2. The van der Waals surface area contributed by atoms with Crippen LogP contribution in [0.2, 0.25) is 0 Å². The number of fused-ring (bicyclic) bond motifs is 1. The summed E-state index contributed by atoms with van der Waals surface area (Å²) in [4.78, 5) is 11.6. The van der Waals surface area contributed by atoms with E-state index in [1.165, 1.54) is 19.3 Å². The summed E-state index contributed by atoms with van der Waals surface area (Å²) in [6, 6.07) is 14.4. The van der Waals surface area contributed by atoms with Crippen LogP contribution in [0.1, 0.15) is 38.2 Å². The number of ether oxygens (including phenoxy) is 1. The van der Waals surface area contributed by atoms with Gasteiger partial charge in [0.15, 0.2) is 0 Å². The van der Waals surface area contributed by atoms with Crippen molar-refractivity contribution in [3.63, 3.8) is 0 Å². The predicted octanol–water partition coefficient (Wildman–Crippen LogP) is 4.93. The quantitative estimate of drug-likeness (QED) is 0.548. The molecule has 1 aromatic heterocycles. The number of hydrogen-bond acceptors (Lipinski definition) is 2. The fourth-order valence-corrected chi connectivity index (χ4v) is 3.64. The third kappa shape index (κ3) is 4.33. The molecule has 3 aromatic rings. The van der Waals surface area contributed by atoms with Gasteiger partial charge in [-0.3, -0.25) is 4.79 Å². The number of methoxy groups -OCH3 is 1. The second-order valence-corrected chi connectivity index (χ2v) is 6.98. The van der Waals surface area contributed by atoms with Crippen LogP contribution in [-0.4, -0.2) is 17.6 Å². The van der Waals surface area contributed by atoms with Crippen LogP contribution >= 0.6 is 0 Å². The van der Waals surface area contributed by atoms with E-state index in [9.17, 15) is 4.79 Å². The lowest BCUT2D eigenvalue weighted by atomic mass is 10.0. The SMILES string of the molecule is CCCCCCn1cc(CC(N)=O)c2cc(-c3ccccc3OC)ccc21. The molecule has 0 saturated carbocycles. The van der Waals surface area contributed by atoms with Crippen LogP contribution in [0.5, 0.6) is 5.75 Å². The standard InChI is InChI=1S/C23H28N2O2/c1-3-4-5-8-13-25-16-18(15-23(24)26)20-14-17(11-12-21(20)25)19-9-6-7-10-22(19)27-2/h6-7,9-12,14,16H,3-5,8,13,15H2,1-2H3,(H2,24,26). The van der Waals surface area contributed by atoms with E-state index in [4.69, 9.17) is 10.5 Å². The Labute approximate surface area is 160 Å². The van der Waals surface area contributed by atoms with E-state index >= 15 is 0 Å². The molecule has 0 spiro atoms.